The third kappa shape index (κ3) is 3.48. The number of ether oxygens (including phenoxy) is 1. The summed E-state index contributed by atoms with van der Waals surface area (Å²) in [5.41, 5.74) is 1.92. The highest BCUT2D eigenvalue weighted by atomic mass is 19.1. The van der Waals surface area contributed by atoms with Gasteiger partial charge in [0.1, 0.15) is 5.75 Å². The zero-order chi connectivity index (χ0) is 14.5. The Morgan fingerprint density at radius 2 is 1.90 bits per heavy atom. The highest BCUT2D eigenvalue weighted by Crippen LogP contribution is 2.22. The van der Waals surface area contributed by atoms with Crippen LogP contribution in [0.5, 0.6) is 11.5 Å². The van der Waals surface area contributed by atoms with E-state index < -0.39 is 0 Å². The zero-order valence-corrected chi connectivity index (χ0v) is 11.6. The van der Waals surface area contributed by atoms with E-state index in [0.29, 0.717) is 6.54 Å². The first-order valence-electron chi connectivity index (χ1n) is 6.45. The molecular weight excluding hydrogens is 257 g/mol. The summed E-state index contributed by atoms with van der Waals surface area (Å²) in [6, 6.07) is 12.0. The fraction of sp³-hybridized carbons (Fsp3) is 0.250. The number of hydrogen-bond acceptors (Lipinski definition) is 3. The van der Waals surface area contributed by atoms with E-state index in [0.717, 1.165) is 11.1 Å². The van der Waals surface area contributed by atoms with Crippen LogP contribution in [0, 0.1) is 5.82 Å². The van der Waals surface area contributed by atoms with Crippen molar-refractivity contribution < 1.29 is 14.2 Å². The minimum absolute atomic E-state index is 0.0178. The summed E-state index contributed by atoms with van der Waals surface area (Å²) >= 11 is 0. The third-order valence-electron chi connectivity index (χ3n) is 3.22. The van der Waals surface area contributed by atoms with Crippen LogP contribution < -0.4 is 10.1 Å². The molecule has 2 aromatic rings. The predicted octanol–water partition coefficient (Wildman–Crippen LogP) is 3.39. The lowest BCUT2D eigenvalue weighted by atomic mass is 10.1. The van der Waals surface area contributed by atoms with Crippen LogP contribution in [0.25, 0.3) is 0 Å². The van der Waals surface area contributed by atoms with Gasteiger partial charge in [-0.25, -0.2) is 4.39 Å². The lowest BCUT2D eigenvalue weighted by molar-refractivity contribution is 0.385. The Balaban J connectivity index is 1.99. The molecule has 0 aliphatic heterocycles. The van der Waals surface area contributed by atoms with Crippen LogP contribution in [0.2, 0.25) is 0 Å². The highest BCUT2D eigenvalue weighted by Gasteiger charge is 2.09. The van der Waals surface area contributed by atoms with E-state index >= 15 is 0 Å². The third-order valence-corrected chi connectivity index (χ3v) is 3.22. The molecule has 3 nitrogen and oxygen atoms in total. The topological polar surface area (TPSA) is 41.5 Å². The van der Waals surface area contributed by atoms with Gasteiger partial charge < -0.3 is 15.2 Å². The number of methoxy groups -OCH3 is 1. The SMILES string of the molecule is COc1ccc(C(C)NCc2ccc(O)cc2)cc1F. The average molecular weight is 275 g/mol. The Hall–Kier alpha value is -2.07. The van der Waals surface area contributed by atoms with Gasteiger partial charge in [-0.3, -0.25) is 0 Å². The molecule has 2 rings (SSSR count). The van der Waals surface area contributed by atoms with Crippen molar-refractivity contribution in [2.45, 2.75) is 19.5 Å². The lowest BCUT2D eigenvalue weighted by Crippen LogP contribution is -2.18. The minimum Gasteiger partial charge on any atom is -0.508 e. The highest BCUT2D eigenvalue weighted by molar-refractivity contribution is 5.31. The molecule has 4 heteroatoms. The summed E-state index contributed by atoms with van der Waals surface area (Å²) in [5.74, 6) is 0.141. The molecular formula is C16H18FNO2. The monoisotopic (exact) mass is 275 g/mol. The van der Waals surface area contributed by atoms with Crippen LogP contribution in [0.3, 0.4) is 0 Å². The van der Waals surface area contributed by atoms with Crippen molar-refractivity contribution in [2.75, 3.05) is 7.11 Å². The van der Waals surface area contributed by atoms with Gasteiger partial charge in [-0.05, 0) is 42.3 Å². The van der Waals surface area contributed by atoms with Crippen LogP contribution in [0.1, 0.15) is 24.1 Å². The first kappa shape index (κ1) is 14.3. The van der Waals surface area contributed by atoms with Gasteiger partial charge in [0.2, 0.25) is 0 Å². The van der Waals surface area contributed by atoms with Gasteiger partial charge in [0.25, 0.3) is 0 Å². The number of rotatable bonds is 5. The van der Waals surface area contributed by atoms with Crippen molar-refractivity contribution >= 4 is 0 Å². The van der Waals surface area contributed by atoms with Crippen LogP contribution in [-0.4, -0.2) is 12.2 Å². The molecule has 0 bridgehead atoms. The molecule has 1 atom stereocenters. The zero-order valence-electron chi connectivity index (χ0n) is 11.6. The smallest absolute Gasteiger partial charge is 0.165 e. The molecule has 0 aromatic heterocycles. The normalized spacial score (nSPS) is 12.2. The summed E-state index contributed by atoms with van der Waals surface area (Å²) in [5, 5.41) is 12.5. The second kappa shape index (κ2) is 6.39. The Morgan fingerprint density at radius 3 is 2.50 bits per heavy atom. The summed E-state index contributed by atoms with van der Waals surface area (Å²) in [4.78, 5) is 0. The standard InChI is InChI=1S/C16H18FNO2/c1-11(13-5-8-16(20-2)15(17)9-13)18-10-12-3-6-14(19)7-4-12/h3-9,11,18-19H,10H2,1-2H3. The van der Waals surface area contributed by atoms with Crippen LogP contribution in [0.15, 0.2) is 42.5 Å². The van der Waals surface area contributed by atoms with Crippen molar-refractivity contribution in [2.24, 2.45) is 0 Å². The first-order valence-corrected chi connectivity index (χ1v) is 6.45. The van der Waals surface area contributed by atoms with Crippen LogP contribution in [0.4, 0.5) is 4.39 Å². The van der Waals surface area contributed by atoms with Gasteiger partial charge in [0.05, 0.1) is 7.11 Å². The van der Waals surface area contributed by atoms with E-state index in [-0.39, 0.29) is 23.4 Å². The molecule has 1 unspecified atom stereocenters. The number of halogens is 1. The number of aromatic hydroxyl groups is 1. The van der Waals surface area contributed by atoms with E-state index in [1.165, 1.54) is 13.2 Å². The molecule has 0 fully saturated rings. The van der Waals surface area contributed by atoms with E-state index in [9.17, 15) is 9.50 Å². The Kier molecular flexibility index (Phi) is 4.58. The molecule has 0 aliphatic rings. The molecule has 0 spiro atoms. The van der Waals surface area contributed by atoms with Gasteiger partial charge in [0.15, 0.2) is 11.6 Å². The maximum Gasteiger partial charge on any atom is 0.165 e. The summed E-state index contributed by atoms with van der Waals surface area (Å²) < 4.78 is 18.5. The van der Waals surface area contributed by atoms with Crippen LogP contribution in [-0.2, 0) is 6.54 Å². The molecule has 0 heterocycles. The number of phenolic OH excluding ortho intramolecular Hbond substituents is 1. The van der Waals surface area contributed by atoms with Gasteiger partial charge in [-0.1, -0.05) is 18.2 Å². The molecule has 0 saturated carbocycles. The maximum absolute atomic E-state index is 13.6. The van der Waals surface area contributed by atoms with Gasteiger partial charge in [-0.2, -0.15) is 0 Å². The molecule has 20 heavy (non-hydrogen) atoms. The first-order chi connectivity index (χ1) is 9.60. The fourth-order valence-corrected chi connectivity index (χ4v) is 1.95. The average Bonchev–Trinajstić information content (AvgIpc) is 2.46. The number of hydrogen-bond donors (Lipinski definition) is 2. The summed E-state index contributed by atoms with van der Waals surface area (Å²) in [7, 11) is 1.45. The Bertz CT molecular complexity index is 569. The molecule has 2 N–H and O–H groups in total. The summed E-state index contributed by atoms with van der Waals surface area (Å²) in [6.45, 7) is 2.62. The Labute approximate surface area is 118 Å². The second-order valence-corrected chi connectivity index (χ2v) is 4.66. The molecule has 0 aliphatic carbocycles. The molecule has 0 amide bonds. The van der Waals surface area contributed by atoms with Gasteiger partial charge in [-0.15, -0.1) is 0 Å². The van der Waals surface area contributed by atoms with Crippen molar-refractivity contribution in [3.8, 4) is 11.5 Å². The number of benzene rings is 2. The van der Waals surface area contributed by atoms with Crippen molar-refractivity contribution in [3.63, 3.8) is 0 Å². The van der Waals surface area contributed by atoms with E-state index in [2.05, 4.69) is 5.32 Å². The van der Waals surface area contributed by atoms with Crippen molar-refractivity contribution in [1.82, 2.24) is 5.32 Å². The minimum atomic E-state index is -0.358. The van der Waals surface area contributed by atoms with E-state index in [1.54, 1.807) is 18.2 Å². The largest absolute Gasteiger partial charge is 0.508 e. The van der Waals surface area contributed by atoms with E-state index in [1.807, 2.05) is 25.1 Å². The van der Waals surface area contributed by atoms with E-state index in [4.69, 9.17) is 4.74 Å². The number of phenols is 1. The predicted molar refractivity (Wildman–Crippen MR) is 76.3 cm³/mol. The van der Waals surface area contributed by atoms with Gasteiger partial charge in [0, 0.05) is 12.6 Å². The van der Waals surface area contributed by atoms with Gasteiger partial charge >= 0.3 is 0 Å². The lowest BCUT2D eigenvalue weighted by Gasteiger charge is -2.15. The summed E-state index contributed by atoms with van der Waals surface area (Å²) in [6.07, 6.45) is 0. The second-order valence-electron chi connectivity index (χ2n) is 4.66. The quantitative estimate of drug-likeness (QED) is 0.879. The van der Waals surface area contributed by atoms with Crippen LogP contribution >= 0.6 is 0 Å². The molecule has 0 radical (unpaired) electrons. The molecule has 106 valence electrons. The maximum atomic E-state index is 13.6. The molecule has 2 aromatic carbocycles. The van der Waals surface area contributed by atoms with Crippen molar-refractivity contribution in [1.29, 1.82) is 0 Å². The Morgan fingerprint density at radius 1 is 1.20 bits per heavy atom. The molecule has 0 saturated heterocycles. The fourth-order valence-electron chi connectivity index (χ4n) is 1.95. The van der Waals surface area contributed by atoms with Crippen molar-refractivity contribution in [3.05, 3.63) is 59.4 Å². The number of nitrogens with one attached hydrogen (secondary N) is 1.